The summed E-state index contributed by atoms with van der Waals surface area (Å²) in [5.74, 6) is 0.152. The summed E-state index contributed by atoms with van der Waals surface area (Å²) in [5, 5.41) is 8.70. The van der Waals surface area contributed by atoms with Crippen LogP contribution < -0.4 is 9.47 Å². The molecule has 0 fully saturated rings. The number of nitrogens with zero attached hydrogens (tertiary/aromatic N) is 1. The van der Waals surface area contributed by atoms with E-state index in [1.807, 2.05) is 13.0 Å². The van der Waals surface area contributed by atoms with E-state index in [2.05, 4.69) is 0 Å². The van der Waals surface area contributed by atoms with Crippen molar-refractivity contribution in [2.24, 2.45) is 0 Å². The lowest BCUT2D eigenvalue weighted by molar-refractivity contribution is -0.144. The fraction of sp³-hybridized carbons (Fsp3) is 0.211. The second kappa shape index (κ2) is 9.08. The highest BCUT2D eigenvalue weighted by Crippen LogP contribution is 2.13. The van der Waals surface area contributed by atoms with E-state index in [1.54, 1.807) is 48.5 Å². The van der Waals surface area contributed by atoms with Crippen LogP contribution in [0.2, 0.25) is 0 Å². The molecule has 0 bridgehead atoms. The lowest BCUT2D eigenvalue weighted by Crippen LogP contribution is -2.19. The summed E-state index contributed by atoms with van der Waals surface area (Å²) in [6.45, 7) is 1.74. The third kappa shape index (κ3) is 5.66. The molecule has 128 valence electrons. The van der Waals surface area contributed by atoms with Gasteiger partial charge in [0.25, 0.3) is 0 Å². The van der Waals surface area contributed by atoms with E-state index in [1.165, 1.54) is 0 Å². The Kier molecular flexibility index (Phi) is 6.55. The zero-order valence-corrected chi connectivity index (χ0v) is 13.7. The highest BCUT2D eigenvalue weighted by Gasteiger charge is 2.11. The molecule has 0 saturated heterocycles. The van der Waals surface area contributed by atoms with Crippen molar-refractivity contribution in [2.75, 3.05) is 19.8 Å². The Hall–Kier alpha value is -3.33. The summed E-state index contributed by atoms with van der Waals surface area (Å²) in [6.07, 6.45) is 0. The second-order valence-corrected chi connectivity index (χ2v) is 4.97. The molecule has 0 aliphatic rings. The Balaban J connectivity index is 1.76. The van der Waals surface area contributed by atoms with Crippen LogP contribution in [-0.4, -0.2) is 31.6 Å². The fourth-order valence-electron chi connectivity index (χ4n) is 1.94. The average molecular weight is 339 g/mol. The number of rotatable bonds is 8. The monoisotopic (exact) mass is 339 g/mol. The maximum Gasteiger partial charge on any atom is 0.344 e. The van der Waals surface area contributed by atoms with Crippen LogP contribution in [0, 0.1) is 11.3 Å². The SMILES string of the molecule is CCOc1ccc(C(=O)COC(=O)COc2ccc(C#N)cc2)cc1. The molecule has 0 heterocycles. The Labute approximate surface area is 145 Å². The van der Waals surface area contributed by atoms with E-state index >= 15 is 0 Å². The number of esters is 1. The van der Waals surface area contributed by atoms with E-state index in [-0.39, 0.29) is 19.0 Å². The van der Waals surface area contributed by atoms with Crippen molar-refractivity contribution in [1.29, 1.82) is 5.26 Å². The van der Waals surface area contributed by atoms with E-state index < -0.39 is 5.97 Å². The summed E-state index contributed by atoms with van der Waals surface area (Å²) in [4.78, 5) is 23.6. The van der Waals surface area contributed by atoms with Crippen molar-refractivity contribution in [3.05, 3.63) is 59.7 Å². The van der Waals surface area contributed by atoms with Gasteiger partial charge >= 0.3 is 5.97 Å². The molecule has 2 aromatic rings. The van der Waals surface area contributed by atoms with Gasteiger partial charge < -0.3 is 14.2 Å². The zero-order chi connectivity index (χ0) is 18.1. The molecule has 0 aliphatic heterocycles. The van der Waals surface area contributed by atoms with Gasteiger partial charge in [-0.25, -0.2) is 4.79 Å². The first-order chi connectivity index (χ1) is 12.1. The van der Waals surface area contributed by atoms with E-state index in [9.17, 15) is 9.59 Å². The van der Waals surface area contributed by atoms with E-state index in [0.29, 0.717) is 29.2 Å². The van der Waals surface area contributed by atoms with Crippen molar-refractivity contribution in [2.45, 2.75) is 6.92 Å². The number of nitriles is 1. The highest BCUT2D eigenvalue weighted by atomic mass is 16.6. The maximum absolute atomic E-state index is 12.0. The Morgan fingerprint density at radius 3 is 2.12 bits per heavy atom. The van der Waals surface area contributed by atoms with Gasteiger partial charge in [0.2, 0.25) is 0 Å². The van der Waals surface area contributed by atoms with Gasteiger partial charge in [0.15, 0.2) is 19.0 Å². The van der Waals surface area contributed by atoms with Gasteiger partial charge in [0, 0.05) is 5.56 Å². The van der Waals surface area contributed by atoms with Gasteiger partial charge in [-0.05, 0) is 55.5 Å². The van der Waals surface area contributed by atoms with E-state index in [0.717, 1.165) is 0 Å². The molecule has 2 aromatic carbocycles. The smallest absolute Gasteiger partial charge is 0.344 e. The first-order valence-corrected chi connectivity index (χ1v) is 7.67. The number of benzene rings is 2. The molecule has 0 N–H and O–H groups in total. The number of carbonyl (C=O) groups excluding carboxylic acids is 2. The van der Waals surface area contributed by atoms with Crippen molar-refractivity contribution in [3.8, 4) is 17.6 Å². The van der Waals surface area contributed by atoms with Crippen LogP contribution in [0.3, 0.4) is 0 Å². The maximum atomic E-state index is 12.0. The number of hydrogen-bond donors (Lipinski definition) is 0. The molecule has 0 radical (unpaired) electrons. The topological polar surface area (TPSA) is 85.6 Å². The number of carbonyl (C=O) groups is 2. The molecule has 6 heteroatoms. The van der Waals surface area contributed by atoms with Crippen molar-refractivity contribution >= 4 is 11.8 Å². The minimum Gasteiger partial charge on any atom is -0.494 e. The van der Waals surface area contributed by atoms with Gasteiger partial charge in [0.05, 0.1) is 18.2 Å². The van der Waals surface area contributed by atoms with Gasteiger partial charge in [-0.2, -0.15) is 5.26 Å². The Morgan fingerprint density at radius 1 is 0.920 bits per heavy atom. The van der Waals surface area contributed by atoms with Crippen LogP contribution in [0.4, 0.5) is 0 Å². The second-order valence-electron chi connectivity index (χ2n) is 4.97. The Morgan fingerprint density at radius 2 is 1.52 bits per heavy atom. The predicted octanol–water partition coefficient (Wildman–Crippen LogP) is 2.76. The molecular weight excluding hydrogens is 322 g/mol. The molecular formula is C19H17NO5. The number of Topliss-reactive ketones (excluding diaryl/α,β-unsaturated/α-hetero) is 1. The lowest BCUT2D eigenvalue weighted by Gasteiger charge is -2.07. The summed E-state index contributed by atoms with van der Waals surface area (Å²) >= 11 is 0. The van der Waals surface area contributed by atoms with Crippen LogP contribution in [0.5, 0.6) is 11.5 Å². The number of ether oxygens (including phenoxy) is 3. The molecule has 0 aliphatic carbocycles. The largest absolute Gasteiger partial charge is 0.494 e. The van der Waals surface area contributed by atoms with Crippen LogP contribution in [0.25, 0.3) is 0 Å². The summed E-state index contributed by atoms with van der Waals surface area (Å²) in [7, 11) is 0. The van der Waals surface area contributed by atoms with Gasteiger partial charge in [-0.3, -0.25) is 4.79 Å². The highest BCUT2D eigenvalue weighted by molar-refractivity contribution is 5.98. The molecule has 0 saturated carbocycles. The molecule has 2 rings (SSSR count). The third-order valence-corrected chi connectivity index (χ3v) is 3.19. The number of hydrogen-bond acceptors (Lipinski definition) is 6. The molecule has 0 amide bonds. The molecule has 0 unspecified atom stereocenters. The minimum absolute atomic E-state index is 0.310. The summed E-state index contributed by atoms with van der Waals surface area (Å²) < 4.78 is 15.4. The lowest BCUT2D eigenvalue weighted by atomic mass is 10.1. The first kappa shape index (κ1) is 18.0. The van der Waals surface area contributed by atoms with E-state index in [4.69, 9.17) is 19.5 Å². The summed E-state index contributed by atoms with van der Waals surface area (Å²) in [6, 6.07) is 14.9. The standard InChI is InChI=1S/C19H17NO5/c1-2-23-16-9-5-15(6-10-16)18(21)12-25-19(22)13-24-17-7-3-14(11-20)4-8-17/h3-10H,2,12-13H2,1H3. The van der Waals surface area contributed by atoms with Gasteiger partial charge in [0.1, 0.15) is 11.5 Å². The average Bonchev–Trinajstić information content (AvgIpc) is 2.65. The van der Waals surface area contributed by atoms with Crippen molar-refractivity contribution in [3.63, 3.8) is 0 Å². The Bertz CT molecular complexity index is 760. The molecule has 0 spiro atoms. The zero-order valence-electron chi connectivity index (χ0n) is 13.7. The fourth-order valence-corrected chi connectivity index (χ4v) is 1.94. The number of ketones is 1. The van der Waals surface area contributed by atoms with Crippen molar-refractivity contribution < 1.29 is 23.8 Å². The van der Waals surface area contributed by atoms with Crippen LogP contribution in [0.15, 0.2) is 48.5 Å². The summed E-state index contributed by atoms with van der Waals surface area (Å²) in [5.41, 5.74) is 0.931. The minimum atomic E-state index is -0.649. The van der Waals surface area contributed by atoms with Gasteiger partial charge in [-0.15, -0.1) is 0 Å². The predicted molar refractivity (Wildman–Crippen MR) is 89.6 cm³/mol. The molecule has 0 aromatic heterocycles. The normalized spacial score (nSPS) is 9.76. The molecule has 0 atom stereocenters. The third-order valence-electron chi connectivity index (χ3n) is 3.19. The van der Waals surface area contributed by atoms with Crippen LogP contribution in [-0.2, 0) is 9.53 Å². The van der Waals surface area contributed by atoms with Gasteiger partial charge in [-0.1, -0.05) is 0 Å². The van der Waals surface area contributed by atoms with Crippen LogP contribution >= 0.6 is 0 Å². The van der Waals surface area contributed by atoms with Crippen molar-refractivity contribution in [1.82, 2.24) is 0 Å². The first-order valence-electron chi connectivity index (χ1n) is 7.67. The molecule has 6 nitrogen and oxygen atoms in total. The molecule has 25 heavy (non-hydrogen) atoms. The quantitative estimate of drug-likeness (QED) is 0.543. The van der Waals surface area contributed by atoms with Crippen LogP contribution in [0.1, 0.15) is 22.8 Å².